The number of allylic oxidation sites excluding steroid dienone is 1. The van der Waals surface area contributed by atoms with Crippen molar-refractivity contribution in [1.82, 2.24) is 24.5 Å². The van der Waals surface area contributed by atoms with Crippen molar-refractivity contribution < 1.29 is 17.9 Å². The van der Waals surface area contributed by atoms with E-state index in [1.807, 2.05) is 12.3 Å². The Bertz CT molecular complexity index is 1990. The number of hydrogen-bond donors (Lipinski definition) is 0. The molecule has 5 heterocycles. The normalized spacial score (nSPS) is 22.0. The van der Waals surface area contributed by atoms with Gasteiger partial charge < -0.3 is 4.74 Å². The zero-order valence-corrected chi connectivity index (χ0v) is 23.2. The van der Waals surface area contributed by atoms with Gasteiger partial charge in [0.05, 0.1) is 23.6 Å². The second-order valence-corrected chi connectivity index (χ2v) is 11.8. The van der Waals surface area contributed by atoms with Crippen LogP contribution in [0.5, 0.6) is 5.75 Å². The van der Waals surface area contributed by atoms with Crippen molar-refractivity contribution in [3.05, 3.63) is 105 Å². The Balaban J connectivity index is 1.11. The molecular formula is C31H22ClF3N6O2. The summed E-state index contributed by atoms with van der Waals surface area (Å²) in [6.07, 6.45) is 0.318. The van der Waals surface area contributed by atoms with Gasteiger partial charge in [-0.2, -0.15) is 13.2 Å². The van der Waals surface area contributed by atoms with E-state index in [0.29, 0.717) is 35.1 Å². The Kier molecular flexibility index (Phi) is 5.62. The summed E-state index contributed by atoms with van der Waals surface area (Å²) in [5, 5.41) is 7.27. The van der Waals surface area contributed by atoms with E-state index in [2.05, 4.69) is 29.0 Å². The van der Waals surface area contributed by atoms with Gasteiger partial charge in [-0.05, 0) is 58.9 Å². The van der Waals surface area contributed by atoms with Crippen LogP contribution in [0.3, 0.4) is 0 Å². The number of hydrogen-bond acceptors (Lipinski definition) is 6. The minimum Gasteiger partial charge on any atom is -0.489 e. The van der Waals surface area contributed by atoms with Gasteiger partial charge in [-0.15, -0.1) is 5.10 Å². The van der Waals surface area contributed by atoms with Crippen molar-refractivity contribution in [1.29, 1.82) is 0 Å². The lowest BCUT2D eigenvalue weighted by atomic mass is 9.95. The fourth-order valence-corrected chi connectivity index (χ4v) is 6.57. The number of fused-ring (bicyclic) bond motifs is 4. The molecule has 12 heteroatoms. The molecule has 2 aromatic carbocycles. The highest BCUT2D eigenvalue weighted by molar-refractivity contribution is 6.31. The molecule has 8 nitrogen and oxygen atoms in total. The summed E-state index contributed by atoms with van der Waals surface area (Å²) in [7, 11) is 0. The van der Waals surface area contributed by atoms with Crippen LogP contribution in [0.4, 0.5) is 13.2 Å². The molecule has 1 saturated carbocycles. The Morgan fingerprint density at radius 1 is 1.09 bits per heavy atom. The van der Waals surface area contributed by atoms with Crippen LogP contribution >= 0.6 is 11.6 Å². The van der Waals surface area contributed by atoms with E-state index in [9.17, 15) is 18.0 Å². The molecule has 2 aromatic heterocycles. The van der Waals surface area contributed by atoms with Crippen LogP contribution in [0.15, 0.2) is 76.8 Å². The molecule has 4 aliphatic rings. The van der Waals surface area contributed by atoms with Gasteiger partial charge in [0.15, 0.2) is 5.69 Å². The van der Waals surface area contributed by atoms with Crippen LogP contribution in [0.1, 0.15) is 47.4 Å². The first-order valence-corrected chi connectivity index (χ1v) is 14.1. The predicted octanol–water partition coefficient (Wildman–Crippen LogP) is 6.20. The molecule has 0 N–H and O–H groups in total. The topological polar surface area (TPSA) is 87.2 Å². The minimum absolute atomic E-state index is 0.0977. The molecular weight excluding hydrogens is 581 g/mol. The van der Waals surface area contributed by atoms with E-state index in [0.717, 1.165) is 57.5 Å². The summed E-state index contributed by atoms with van der Waals surface area (Å²) in [5.74, 6) is 1.82. The zero-order valence-electron chi connectivity index (χ0n) is 22.5. The molecule has 0 saturated heterocycles. The molecule has 1 fully saturated rings. The standard InChI is InChI=1S/C31H22ClF3N6O2/c1-15-6-17-3-2-16(8-26(17)43-14-15)18-7-24(36-12-18)29-20-10-21(20)30-37-23(11-28(42)41(29)30)22-9-19(32)4-5-25(22)40-13-27(38-39-40)31(33,34)35/h2-5,8-9,11-13,20-21,29H,1,6-7,10,14H2. The summed E-state index contributed by atoms with van der Waals surface area (Å²) in [6.45, 7) is 4.53. The Labute approximate surface area is 247 Å². The lowest BCUT2D eigenvalue weighted by molar-refractivity contribution is -0.141. The second kappa shape index (κ2) is 9.24. The van der Waals surface area contributed by atoms with Gasteiger partial charge in [-0.1, -0.05) is 35.5 Å². The van der Waals surface area contributed by atoms with Crippen molar-refractivity contribution in [3.8, 4) is 22.7 Å². The predicted molar refractivity (Wildman–Crippen MR) is 154 cm³/mol. The third kappa shape index (κ3) is 4.32. The number of aliphatic imine (C=N–C) groups is 1. The summed E-state index contributed by atoms with van der Waals surface area (Å²) in [4.78, 5) is 23.3. The number of benzene rings is 2. The van der Waals surface area contributed by atoms with E-state index in [1.165, 1.54) is 18.2 Å². The average molecular weight is 603 g/mol. The van der Waals surface area contributed by atoms with E-state index < -0.39 is 11.9 Å². The van der Waals surface area contributed by atoms with Gasteiger partial charge in [0.1, 0.15) is 18.2 Å². The lowest BCUT2D eigenvalue weighted by Gasteiger charge is -2.21. The first kappa shape index (κ1) is 26.1. The highest BCUT2D eigenvalue weighted by atomic mass is 35.5. The van der Waals surface area contributed by atoms with E-state index in [1.54, 1.807) is 10.6 Å². The molecule has 4 aromatic rings. The van der Waals surface area contributed by atoms with Crippen molar-refractivity contribution in [3.63, 3.8) is 0 Å². The maximum absolute atomic E-state index is 13.7. The van der Waals surface area contributed by atoms with Crippen LogP contribution in [0, 0.1) is 5.92 Å². The molecule has 0 amide bonds. The Morgan fingerprint density at radius 2 is 1.95 bits per heavy atom. The first-order valence-electron chi connectivity index (χ1n) is 13.8. The lowest BCUT2D eigenvalue weighted by Crippen LogP contribution is -2.30. The van der Waals surface area contributed by atoms with Gasteiger partial charge in [0.2, 0.25) is 0 Å². The van der Waals surface area contributed by atoms with E-state index in [4.69, 9.17) is 26.3 Å². The smallest absolute Gasteiger partial charge is 0.436 e. The number of halogens is 4. The minimum atomic E-state index is -4.65. The van der Waals surface area contributed by atoms with Crippen molar-refractivity contribution >= 4 is 22.9 Å². The van der Waals surface area contributed by atoms with Crippen molar-refractivity contribution in [2.75, 3.05) is 6.61 Å². The number of ether oxygens (including phenoxy) is 1. The number of aromatic nitrogens is 5. The third-order valence-corrected chi connectivity index (χ3v) is 8.74. The quantitative estimate of drug-likeness (QED) is 0.260. The second-order valence-electron chi connectivity index (χ2n) is 11.4. The fraction of sp³-hybridized carbons (Fsp3) is 0.258. The summed E-state index contributed by atoms with van der Waals surface area (Å²) in [5.41, 5.74) is 4.76. The Hall–Kier alpha value is -4.51. The fourth-order valence-electron chi connectivity index (χ4n) is 6.40. The monoisotopic (exact) mass is 602 g/mol. The Morgan fingerprint density at radius 3 is 2.77 bits per heavy atom. The third-order valence-electron chi connectivity index (χ3n) is 8.51. The molecule has 216 valence electrons. The summed E-state index contributed by atoms with van der Waals surface area (Å²) in [6, 6.07) is 12.0. The molecule has 3 aliphatic heterocycles. The molecule has 0 radical (unpaired) electrons. The van der Waals surface area contributed by atoms with Crippen molar-refractivity contribution in [2.45, 2.75) is 37.4 Å². The van der Waals surface area contributed by atoms with Crippen LogP contribution in [-0.4, -0.2) is 36.9 Å². The maximum Gasteiger partial charge on any atom is 0.436 e. The molecule has 3 atom stereocenters. The molecule has 0 bridgehead atoms. The number of rotatable bonds is 4. The SMILES string of the molecule is C=C1COc2cc(C3=CN=C(C4C5CC5c5nc(-c6cc(Cl)ccc6-n6cc(C(F)(F)F)nn6)cc(=O)n54)C3)ccc2C1. The highest BCUT2D eigenvalue weighted by Gasteiger charge is 2.55. The van der Waals surface area contributed by atoms with Crippen LogP contribution < -0.4 is 10.3 Å². The van der Waals surface area contributed by atoms with E-state index >= 15 is 0 Å². The highest BCUT2D eigenvalue weighted by Crippen LogP contribution is 2.59. The zero-order chi connectivity index (χ0) is 29.6. The molecule has 3 unspecified atom stereocenters. The van der Waals surface area contributed by atoms with Gasteiger partial charge in [0.25, 0.3) is 5.56 Å². The summed E-state index contributed by atoms with van der Waals surface area (Å²) >= 11 is 6.28. The first-order chi connectivity index (χ1) is 20.6. The van der Waals surface area contributed by atoms with Crippen LogP contribution in [0.2, 0.25) is 5.02 Å². The molecule has 1 aliphatic carbocycles. The molecule has 0 spiro atoms. The van der Waals surface area contributed by atoms with Crippen molar-refractivity contribution in [2.24, 2.45) is 10.9 Å². The molecule has 8 rings (SSSR count). The summed E-state index contributed by atoms with van der Waals surface area (Å²) < 4.78 is 48.2. The molecule has 43 heavy (non-hydrogen) atoms. The average Bonchev–Trinajstić information content (AvgIpc) is 3.30. The van der Waals surface area contributed by atoms with Crippen LogP contribution in [0.25, 0.3) is 22.5 Å². The van der Waals surface area contributed by atoms with Gasteiger partial charge in [-0.25, -0.2) is 9.67 Å². The van der Waals surface area contributed by atoms with Gasteiger partial charge >= 0.3 is 6.18 Å². The van der Waals surface area contributed by atoms with Gasteiger partial charge in [-0.3, -0.25) is 14.4 Å². The largest absolute Gasteiger partial charge is 0.489 e. The number of nitrogens with zero attached hydrogens (tertiary/aromatic N) is 6. The van der Waals surface area contributed by atoms with E-state index in [-0.39, 0.29) is 29.1 Å². The maximum atomic E-state index is 13.7. The number of alkyl halides is 3. The van der Waals surface area contributed by atoms with Gasteiger partial charge in [0, 0.05) is 47.3 Å². The van der Waals surface area contributed by atoms with Crippen LogP contribution in [-0.2, 0) is 12.6 Å².